The predicted molar refractivity (Wildman–Crippen MR) is 111 cm³/mol. The molecule has 7 nitrogen and oxygen atoms in total. The third kappa shape index (κ3) is 4.43. The number of ether oxygens (including phenoxy) is 2. The van der Waals surface area contributed by atoms with Crippen molar-refractivity contribution in [2.75, 3.05) is 45.3 Å². The van der Waals surface area contributed by atoms with E-state index < -0.39 is 0 Å². The Morgan fingerprint density at radius 1 is 1.28 bits per heavy atom. The summed E-state index contributed by atoms with van der Waals surface area (Å²) in [6.45, 7) is 3.84. The van der Waals surface area contributed by atoms with Gasteiger partial charge >= 0.3 is 0 Å². The minimum absolute atomic E-state index is 0.181. The van der Waals surface area contributed by atoms with E-state index in [1.165, 1.54) is 4.88 Å². The molecule has 1 fully saturated rings. The average molecular weight is 410 g/mol. The van der Waals surface area contributed by atoms with Crippen molar-refractivity contribution in [2.24, 2.45) is 0 Å². The maximum atomic E-state index is 9.50. The van der Waals surface area contributed by atoms with Gasteiger partial charge in [-0.1, -0.05) is 6.07 Å². The SMILES string of the molecule is COc1ccc(-c2nc(C#N)c(NC[C@H](c3cccs3)N3CCOCC3)o2)cc1. The van der Waals surface area contributed by atoms with Gasteiger partial charge in [0.15, 0.2) is 0 Å². The number of methoxy groups -OCH3 is 1. The van der Waals surface area contributed by atoms with Crippen molar-refractivity contribution in [3.05, 3.63) is 52.3 Å². The van der Waals surface area contributed by atoms with Crippen molar-refractivity contribution in [1.29, 1.82) is 5.26 Å². The molecule has 1 aromatic carbocycles. The lowest BCUT2D eigenvalue weighted by atomic mass is 10.2. The van der Waals surface area contributed by atoms with E-state index in [9.17, 15) is 5.26 Å². The fourth-order valence-corrected chi connectivity index (χ4v) is 4.20. The van der Waals surface area contributed by atoms with Crippen LogP contribution in [0.15, 0.2) is 46.2 Å². The summed E-state index contributed by atoms with van der Waals surface area (Å²) in [5.74, 6) is 1.56. The zero-order valence-corrected chi connectivity index (χ0v) is 16.9. The zero-order chi connectivity index (χ0) is 20.1. The van der Waals surface area contributed by atoms with E-state index in [1.807, 2.05) is 24.3 Å². The highest BCUT2D eigenvalue weighted by Crippen LogP contribution is 2.30. The average Bonchev–Trinajstić information content (AvgIpc) is 3.45. The zero-order valence-electron chi connectivity index (χ0n) is 16.1. The maximum absolute atomic E-state index is 9.50. The Hall–Kier alpha value is -2.86. The van der Waals surface area contributed by atoms with Crippen molar-refractivity contribution in [2.45, 2.75) is 6.04 Å². The summed E-state index contributed by atoms with van der Waals surface area (Å²) >= 11 is 1.73. The number of anilines is 1. The number of oxazole rings is 1. The molecule has 1 aliphatic rings. The Bertz CT molecular complexity index is 957. The van der Waals surface area contributed by atoms with Crippen LogP contribution in [0.1, 0.15) is 16.6 Å². The van der Waals surface area contributed by atoms with Gasteiger partial charge in [-0.05, 0) is 35.7 Å². The van der Waals surface area contributed by atoms with Crippen LogP contribution in [0.5, 0.6) is 5.75 Å². The molecule has 1 N–H and O–H groups in total. The van der Waals surface area contributed by atoms with Crippen LogP contribution in [-0.2, 0) is 4.74 Å². The normalized spacial score (nSPS) is 15.6. The van der Waals surface area contributed by atoms with Crippen molar-refractivity contribution in [3.63, 3.8) is 0 Å². The molecule has 3 aromatic rings. The van der Waals surface area contributed by atoms with E-state index in [-0.39, 0.29) is 11.7 Å². The van der Waals surface area contributed by atoms with Crippen LogP contribution in [0.4, 0.5) is 5.88 Å². The van der Waals surface area contributed by atoms with E-state index in [1.54, 1.807) is 18.4 Å². The maximum Gasteiger partial charge on any atom is 0.232 e. The van der Waals surface area contributed by atoms with Gasteiger partial charge in [0.25, 0.3) is 0 Å². The van der Waals surface area contributed by atoms with E-state index in [0.717, 1.165) is 37.6 Å². The molecular weight excluding hydrogens is 388 g/mol. The Labute approximate surface area is 173 Å². The minimum Gasteiger partial charge on any atom is -0.497 e. The van der Waals surface area contributed by atoms with E-state index in [0.29, 0.717) is 18.3 Å². The van der Waals surface area contributed by atoms with E-state index in [4.69, 9.17) is 13.9 Å². The minimum atomic E-state index is 0.181. The van der Waals surface area contributed by atoms with Gasteiger partial charge in [-0.15, -0.1) is 11.3 Å². The lowest BCUT2D eigenvalue weighted by molar-refractivity contribution is 0.0193. The lowest BCUT2D eigenvalue weighted by Crippen LogP contribution is -2.41. The number of nitrogens with one attached hydrogen (secondary N) is 1. The third-order valence-corrected chi connectivity index (χ3v) is 5.86. The number of nitrogens with zero attached hydrogens (tertiary/aromatic N) is 3. The van der Waals surface area contributed by atoms with Crippen molar-refractivity contribution in [3.8, 4) is 23.3 Å². The molecule has 29 heavy (non-hydrogen) atoms. The fraction of sp³-hybridized carbons (Fsp3) is 0.333. The molecule has 0 saturated carbocycles. The predicted octanol–water partition coefficient (Wildman–Crippen LogP) is 3.77. The number of nitriles is 1. The first-order chi connectivity index (χ1) is 14.3. The largest absolute Gasteiger partial charge is 0.497 e. The van der Waals surface area contributed by atoms with Crippen LogP contribution in [0.2, 0.25) is 0 Å². The third-order valence-electron chi connectivity index (χ3n) is 4.88. The van der Waals surface area contributed by atoms with Crippen molar-refractivity contribution in [1.82, 2.24) is 9.88 Å². The van der Waals surface area contributed by atoms with Gasteiger partial charge < -0.3 is 19.2 Å². The molecular formula is C21H22N4O3S. The Morgan fingerprint density at radius 2 is 2.07 bits per heavy atom. The highest BCUT2D eigenvalue weighted by Gasteiger charge is 2.24. The number of benzene rings is 1. The quantitative estimate of drug-likeness (QED) is 0.635. The van der Waals surface area contributed by atoms with Crippen LogP contribution < -0.4 is 10.1 Å². The second-order valence-electron chi connectivity index (χ2n) is 6.60. The molecule has 0 unspecified atom stereocenters. The van der Waals surface area contributed by atoms with E-state index >= 15 is 0 Å². The van der Waals surface area contributed by atoms with Gasteiger partial charge in [-0.3, -0.25) is 4.90 Å². The molecule has 2 aromatic heterocycles. The summed E-state index contributed by atoms with van der Waals surface area (Å²) in [5, 5.41) is 14.9. The van der Waals surface area contributed by atoms with Gasteiger partial charge in [0.2, 0.25) is 17.5 Å². The summed E-state index contributed by atoms with van der Waals surface area (Å²) in [5.41, 5.74) is 1.04. The Balaban J connectivity index is 1.53. The summed E-state index contributed by atoms with van der Waals surface area (Å²) in [7, 11) is 1.62. The second kappa shape index (κ2) is 9.09. The number of hydrogen-bond acceptors (Lipinski definition) is 8. The van der Waals surface area contributed by atoms with Crippen LogP contribution >= 0.6 is 11.3 Å². The van der Waals surface area contributed by atoms with Crippen LogP contribution in [0.25, 0.3) is 11.5 Å². The first-order valence-corrected chi connectivity index (χ1v) is 10.3. The highest BCUT2D eigenvalue weighted by atomic mass is 32.1. The fourth-order valence-electron chi connectivity index (χ4n) is 3.34. The molecule has 1 atom stereocenters. The molecule has 0 aliphatic carbocycles. The second-order valence-corrected chi connectivity index (χ2v) is 7.58. The van der Waals surface area contributed by atoms with Gasteiger partial charge in [0, 0.05) is 30.1 Å². The Morgan fingerprint density at radius 3 is 2.72 bits per heavy atom. The molecule has 150 valence electrons. The number of morpholine rings is 1. The molecule has 3 heterocycles. The summed E-state index contributed by atoms with van der Waals surface area (Å²) in [6, 6.07) is 13.9. The smallest absolute Gasteiger partial charge is 0.232 e. The summed E-state index contributed by atoms with van der Waals surface area (Å²) in [4.78, 5) is 8.01. The van der Waals surface area contributed by atoms with Crippen LogP contribution in [-0.4, -0.2) is 49.8 Å². The molecule has 1 saturated heterocycles. The van der Waals surface area contributed by atoms with Gasteiger partial charge in [-0.25, -0.2) is 0 Å². The van der Waals surface area contributed by atoms with Crippen molar-refractivity contribution >= 4 is 17.2 Å². The first-order valence-electron chi connectivity index (χ1n) is 9.43. The number of aromatic nitrogens is 1. The molecule has 0 spiro atoms. The highest BCUT2D eigenvalue weighted by molar-refractivity contribution is 7.10. The molecule has 4 rings (SSSR count). The monoisotopic (exact) mass is 410 g/mol. The van der Waals surface area contributed by atoms with E-state index in [2.05, 4.69) is 38.8 Å². The van der Waals surface area contributed by atoms with Crippen LogP contribution in [0, 0.1) is 11.3 Å². The molecule has 8 heteroatoms. The number of thiophene rings is 1. The van der Waals surface area contributed by atoms with Crippen molar-refractivity contribution < 1.29 is 13.9 Å². The standard InChI is InChI=1S/C21H22N4O3S/c1-26-16-6-4-15(5-7-16)20-24-17(13-22)21(28-20)23-14-18(19-3-2-12-29-19)25-8-10-27-11-9-25/h2-7,12,18,23H,8-11,14H2,1H3/t18-/m1/s1. The molecule has 0 radical (unpaired) electrons. The van der Waals surface area contributed by atoms with Gasteiger partial charge in [-0.2, -0.15) is 10.2 Å². The number of hydrogen-bond donors (Lipinski definition) is 1. The number of rotatable bonds is 7. The molecule has 0 bridgehead atoms. The lowest BCUT2D eigenvalue weighted by Gasteiger charge is -2.34. The Kier molecular flexibility index (Phi) is 6.10. The molecule has 0 amide bonds. The topological polar surface area (TPSA) is 83.5 Å². The van der Waals surface area contributed by atoms with Gasteiger partial charge in [0.1, 0.15) is 11.8 Å². The summed E-state index contributed by atoms with van der Waals surface area (Å²) < 4.78 is 16.6. The first kappa shape index (κ1) is 19.5. The van der Waals surface area contributed by atoms with Gasteiger partial charge in [0.05, 0.1) is 26.4 Å². The molecule has 1 aliphatic heterocycles. The summed E-state index contributed by atoms with van der Waals surface area (Å²) in [6.07, 6.45) is 0. The van der Waals surface area contributed by atoms with Crippen LogP contribution in [0.3, 0.4) is 0 Å².